The Morgan fingerprint density at radius 2 is 2.15 bits per heavy atom. The minimum absolute atomic E-state index is 0.0689. The predicted octanol–water partition coefficient (Wildman–Crippen LogP) is 1.77. The molecule has 1 heterocycles. The van der Waals surface area contributed by atoms with E-state index < -0.39 is 23.7 Å². The zero-order valence-corrected chi connectivity index (χ0v) is 11.3. The number of carbonyl (C=O) groups excluding carboxylic acids is 1. The number of aliphatic carboxylic acids is 1. The number of carboxylic acids is 1. The number of methoxy groups -OCH3 is 1. The second-order valence-electron chi connectivity index (χ2n) is 4.82. The van der Waals surface area contributed by atoms with Gasteiger partial charge >= 0.3 is 5.97 Å². The molecule has 1 saturated heterocycles. The zero-order valence-electron chi connectivity index (χ0n) is 11.3. The highest BCUT2D eigenvalue weighted by molar-refractivity contribution is 5.95. The van der Waals surface area contributed by atoms with Gasteiger partial charge in [0.25, 0.3) is 5.91 Å². The van der Waals surface area contributed by atoms with E-state index in [1.165, 1.54) is 24.1 Å². The van der Waals surface area contributed by atoms with Gasteiger partial charge in [-0.2, -0.15) is 0 Å². The Hall–Kier alpha value is -2.11. The van der Waals surface area contributed by atoms with E-state index in [-0.39, 0.29) is 17.2 Å². The summed E-state index contributed by atoms with van der Waals surface area (Å²) in [6, 6.07) is 3.58. The van der Waals surface area contributed by atoms with Crippen molar-refractivity contribution in [1.29, 1.82) is 0 Å². The smallest absolute Gasteiger partial charge is 0.308 e. The molecular weight excluding hydrogens is 265 g/mol. The number of hydrogen-bond acceptors (Lipinski definition) is 3. The molecule has 108 valence electrons. The first-order valence-corrected chi connectivity index (χ1v) is 6.33. The van der Waals surface area contributed by atoms with Crippen LogP contribution in [0, 0.1) is 11.7 Å². The summed E-state index contributed by atoms with van der Waals surface area (Å²) in [5.41, 5.74) is 0.196. The lowest BCUT2D eigenvalue weighted by Gasteiger charge is -2.23. The van der Waals surface area contributed by atoms with Crippen LogP contribution in [-0.2, 0) is 4.79 Å². The SMILES string of the molecule is COc1ccc(C(=O)N2CCC(C(=O)O)C2C)cc1F. The minimum Gasteiger partial charge on any atom is -0.494 e. The maximum Gasteiger partial charge on any atom is 0.308 e. The van der Waals surface area contributed by atoms with Gasteiger partial charge in [-0.15, -0.1) is 0 Å². The molecule has 20 heavy (non-hydrogen) atoms. The third-order valence-electron chi connectivity index (χ3n) is 3.73. The highest BCUT2D eigenvalue weighted by Gasteiger charge is 2.38. The van der Waals surface area contributed by atoms with Gasteiger partial charge in [-0.25, -0.2) is 4.39 Å². The number of halogens is 1. The van der Waals surface area contributed by atoms with Crippen molar-refractivity contribution in [3.8, 4) is 5.75 Å². The number of amides is 1. The molecule has 0 bridgehead atoms. The molecule has 2 atom stereocenters. The fourth-order valence-electron chi connectivity index (χ4n) is 2.52. The molecule has 1 aromatic rings. The van der Waals surface area contributed by atoms with Crippen LogP contribution in [-0.4, -0.2) is 41.6 Å². The average molecular weight is 281 g/mol. The number of benzene rings is 1. The van der Waals surface area contributed by atoms with E-state index in [0.29, 0.717) is 13.0 Å². The molecule has 0 spiro atoms. The van der Waals surface area contributed by atoms with Crippen LogP contribution >= 0.6 is 0 Å². The molecule has 2 unspecified atom stereocenters. The summed E-state index contributed by atoms with van der Waals surface area (Å²) in [7, 11) is 1.35. The second-order valence-corrected chi connectivity index (χ2v) is 4.82. The van der Waals surface area contributed by atoms with Crippen molar-refractivity contribution in [3.63, 3.8) is 0 Å². The van der Waals surface area contributed by atoms with Gasteiger partial charge in [-0.05, 0) is 31.5 Å². The quantitative estimate of drug-likeness (QED) is 0.917. The molecule has 1 aromatic carbocycles. The van der Waals surface area contributed by atoms with Crippen LogP contribution in [0.25, 0.3) is 0 Å². The van der Waals surface area contributed by atoms with Gasteiger partial charge in [-0.3, -0.25) is 9.59 Å². The van der Waals surface area contributed by atoms with E-state index in [0.717, 1.165) is 6.07 Å². The van der Waals surface area contributed by atoms with E-state index >= 15 is 0 Å². The average Bonchev–Trinajstić information content (AvgIpc) is 2.79. The third-order valence-corrected chi connectivity index (χ3v) is 3.73. The standard InChI is InChI=1S/C14H16FNO4/c1-8-10(14(18)19)5-6-16(8)13(17)9-3-4-12(20-2)11(15)7-9/h3-4,7-8,10H,5-6H2,1-2H3,(H,18,19). The lowest BCUT2D eigenvalue weighted by Crippen LogP contribution is -2.37. The van der Waals surface area contributed by atoms with Crippen molar-refractivity contribution < 1.29 is 23.8 Å². The number of carbonyl (C=O) groups is 2. The molecule has 0 aromatic heterocycles. The summed E-state index contributed by atoms with van der Waals surface area (Å²) < 4.78 is 18.4. The van der Waals surface area contributed by atoms with Crippen LogP contribution in [0.1, 0.15) is 23.7 Å². The van der Waals surface area contributed by atoms with Crippen LogP contribution in [0.4, 0.5) is 4.39 Å². The molecule has 2 rings (SSSR count). The van der Waals surface area contributed by atoms with Crippen molar-refractivity contribution in [2.24, 2.45) is 5.92 Å². The van der Waals surface area contributed by atoms with Crippen molar-refractivity contribution in [2.75, 3.05) is 13.7 Å². The highest BCUT2D eigenvalue weighted by Crippen LogP contribution is 2.27. The Morgan fingerprint density at radius 1 is 1.45 bits per heavy atom. The van der Waals surface area contributed by atoms with Crippen LogP contribution in [0.5, 0.6) is 5.75 Å². The number of carboxylic acid groups (broad SMARTS) is 1. The zero-order chi connectivity index (χ0) is 14.9. The number of rotatable bonds is 3. The summed E-state index contributed by atoms with van der Waals surface area (Å²) in [4.78, 5) is 24.8. The van der Waals surface area contributed by atoms with Crippen molar-refractivity contribution in [3.05, 3.63) is 29.6 Å². The fraction of sp³-hybridized carbons (Fsp3) is 0.429. The molecule has 6 heteroatoms. The van der Waals surface area contributed by atoms with E-state index in [9.17, 15) is 14.0 Å². The first-order chi connectivity index (χ1) is 9.45. The number of likely N-dealkylation sites (tertiary alicyclic amines) is 1. The Balaban J connectivity index is 2.20. The van der Waals surface area contributed by atoms with E-state index in [1.54, 1.807) is 6.92 Å². The van der Waals surface area contributed by atoms with E-state index in [2.05, 4.69) is 0 Å². The summed E-state index contributed by atoms with van der Waals surface area (Å²) in [5.74, 6) is -2.38. The predicted molar refractivity (Wildman–Crippen MR) is 69.2 cm³/mol. The maximum atomic E-state index is 13.6. The normalized spacial score (nSPS) is 21.9. The molecular formula is C14H16FNO4. The van der Waals surface area contributed by atoms with Crippen LogP contribution in [0.3, 0.4) is 0 Å². The fourth-order valence-corrected chi connectivity index (χ4v) is 2.52. The van der Waals surface area contributed by atoms with Gasteiger partial charge in [0, 0.05) is 18.2 Å². The van der Waals surface area contributed by atoms with Gasteiger partial charge in [0.15, 0.2) is 11.6 Å². The molecule has 1 aliphatic heterocycles. The topological polar surface area (TPSA) is 66.8 Å². The Morgan fingerprint density at radius 3 is 2.65 bits per heavy atom. The van der Waals surface area contributed by atoms with Gasteiger partial charge in [0.2, 0.25) is 0 Å². The summed E-state index contributed by atoms with van der Waals surface area (Å²) >= 11 is 0. The van der Waals surface area contributed by atoms with Gasteiger partial charge in [0.05, 0.1) is 13.0 Å². The van der Waals surface area contributed by atoms with Crippen molar-refractivity contribution in [1.82, 2.24) is 4.90 Å². The molecule has 1 N–H and O–H groups in total. The van der Waals surface area contributed by atoms with Gasteiger partial charge in [-0.1, -0.05) is 0 Å². The molecule has 5 nitrogen and oxygen atoms in total. The van der Waals surface area contributed by atoms with Crippen LogP contribution in [0.15, 0.2) is 18.2 Å². The van der Waals surface area contributed by atoms with Gasteiger partial charge in [0.1, 0.15) is 0 Å². The first-order valence-electron chi connectivity index (χ1n) is 6.33. The summed E-state index contributed by atoms with van der Waals surface area (Å²) in [6.45, 7) is 2.06. The largest absolute Gasteiger partial charge is 0.494 e. The van der Waals surface area contributed by atoms with E-state index in [1.807, 2.05) is 0 Å². The number of nitrogens with zero attached hydrogens (tertiary/aromatic N) is 1. The first kappa shape index (κ1) is 14.3. The van der Waals surface area contributed by atoms with Gasteiger partial charge < -0.3 is 14.7 Å². The van der Waals surface area contributed by atoms with E-state index in [4.69, 9.17) is 9.84 Å². The van der Waals surface area contributed by atoms with Crippen molar-refractivity contribution >= 4 is 11.9 Å². The Bertz CT molecular complexity index is 546. The maximum absolute atomic E-state index is 13.6. The molecule has 1 aliphatic rings. The monoisotopic (exact) mass is 281 g/mol. The Kier molecular flexibility index (Phi) is 3.92. The molecule has 0 radical (unpaired) electrons. The number of ether oxygens (including phenoxy) is 1. The Labute approximate surface area is 116 Å². The number of hydrogen-bond donors (Lipinski definition) is 1. The molecule has 1 fully saturated rings. The summed E-state index contributed by atoms with van der Waals surface area (Å²) in [5, 5.41) is 9.05. The molecule has 1 amide bonds. The summed E-state index contributed by atoms with van der Waals surface area (Å²) in [6.07, 6.45) is 0.418. The lowest BCUT2D eigenvalue weighted by atomic mass is 10.0. The third kappa shape index (κ3) is 2.45. The highest BCUT2D eigenvalue weighted by atomic mass is 19.1. The molecule has 0 aliphatic carbocycles. The van der Waals surface area contributed by atoms with Crippen LogP contribution < -0.4 is 4.74 Å². The van der Waals surface area contributed by atoms with Crippen LogP contribution in [0.2, 0.25) is 0 Å². The lowest BCUT2D eigenvalue weighted by molar-refractivity contribution is -0.142. The van der Waals surface area contributed by atoms with Crippen molar-refractivity contribution in [2.45, 2.75) is 19.4 Å². The molecule has 0 saturated carbocycles. The minimum atomic E-state index is -0.909. The second kappa shape index (κ2) is 5.48.